The zero-order valence-corrected chi connectivity index (χ0v) is 9.14. The second-order valence-corrected chi connectivity index (χ2v) is 3.57. The number of aromatic nitrogens is 1. The standard InChI is InChI=1S/C11H16N2O2/c1-14-10-8-12-6-5-9(10)13-7-3-4-11(13)15-2/h5-6,8,11H,3-4,7H2,1-2H3. The van der Waals surface area contributed by atoms with E-state index >= 15 is 0 Å². The van der Waals surface area contributed by atoms with Crippen LogP contribution in [-0.2, 0) is 4.74 Å². The molecule has 15 heavy (non-hydrogen) atoms. The number of rotatable bonds is 3. The van der Waals surface area contributed by atoms with E-state index in [-0.39, 0.29) is 6.23 Å². The molecule has 0 radical (unpaired) electrons. The molecule has 0 N–H and O–H groups in total. The summed E-state index contributed by atoms with van der Waals surface area (Å²) in [6.07, 6.45) is 5.91. The zero-order chi connectivity index (χ0) is 10.7. The Morgan fingerprint density at radius 1 is 1.47 bits per heavy atom. The van der Waals surface area contributed by atoms with Crippen LogP contribution in [0.4, 0.5) is 5.69 Å². The molecular formula is C11H16N2O2. The quantitative estimate of drug-likeness (QED) is 0.756. The van der Waals surface area contributed by atoms with Crippen LogP contribution in [0, 0.1) is 0 Å². The summed E-state index contributed by atoms with van der Waals surface area (Å²) in [5.41, 5.74) is 1.07. The van der Waals surface area contributed by atoms with Crippen LogP contribution in [0.25, 0.3) is 0 Å². The summed E-state index contributed by atoms with van der Waals surface area (Å²) in [6.45, 7) is 1.01. The van der Waals surface area contributed by atoms with Crippen LogP contribution >= 0.6 is 0 Å². The molecule has 0 aliphatic carbocycles. The number of methoxy groups -OCH3 is 2. The van der Waals surface area contributed by atoms with Gasteiger partial charge in [0.15, 0.2) is 5.75 Å². The smallest absolute Gasteiger partial charge is 0.160 e. The van der Waals surface area contributed by atoms with Gasteiger partial charge in [0.1, 0.15) is 6.23 Å². The summed E-state index contributed by atoms with van der Waals surface area (Å²) in [5, 5.41) is 0. The maximum atomic E-state index is 5.43. The fourth-order valence-electron chi connectivity index (χ4n) is 2.02. The molecule has 1 aromatic heterocycles. The van der Waals surface area contributed by atoms with Gasteiger partial charge in [-0.05, 0) is 18.9 Å². The van der Waals surface area contributed by atoms with Crippen LogP contribution in [0.1, 0.15) is 12.8 Å². The van der Waals surface area contributed by atoms with Gasteiger partial charge in [-0.1, -0.05) is 0 Å². The summed E-state index contributed by atoms with van der Waals surface area (Å²) in [6, 6.07) is 1.97. The molecule has 0 saturated carbocycles. The number of anilines is 1. The maximum Gasteiger partial charge on any atom is 0.160 e. The van der Waals surface area contributed by atoms with E-state index < -0.39 is 0 Å². The lowest BCUT2D eigenvalue weighted by Crippen LogP contribution is -2.30. The van der Waals surface area contributed by atoms with Gasteiger partial charge < -0.3 is 14.4 Å². The number of hydrogen-bond acceptors (Lipinski definition) is 4. The van der Waals surface area contributed by atoms with Crippen LogP contribution in [0.3, 0.4) is 0 Å². The minimum Gasteiger partial charge on any atom is -0.493 e. The average Bonchev–Trinajstić information content (AvgIpc) is 2.76. The van der Waals surface area contributed by atoms with Crippen LogP contribution < -0.4 is 9.64 Å². The summed E-state index contributed by atoms with van der Waals surface area (Å²) in [5.74, 6) is 0.807. The Kier molecular flexibility index (Phi) is 3.06. The second-order valence-electron chi connectivity index (χ2n) is 3.57. The van der Waals surface area contributed by atoms with Crippen LogP contribution in [0.5, 0.6) is 5.75 Å². The largest absolute Gasteiger partial charge is 0.493 e. The van der Waals surface area contributed by atoms with Gasteiger partial charge in [0.2, 0.25) is 0 Å². The van der Waals surface area contributed by atoms with Crippen LogP contribution in [0.2, 0.25) is 0 Å². The lowest BCUT2D eigenvalue weighted by molar-refractivity contribution is 0.111. The fraction of sp³-hybridized carbons (Fsp3) is 0.545. The van der Waals surface area contributed by atoms with E-state index in [1.54, 1.807) is 26.6 Å². The maximum absolute atomic E-state index is 5.43. The minimum absolute atomic E-state index is 0.168. The molecule has 1 aliphatic heterocycles. The van der Waals surface area contributed by atoms with Crippen molar-refractivity contribution < 1.29 is 9.47 Å². The third kappa shape index (κ3) is 1.90. The highest BCUT2D eigenvalue weighted by atomic mass is 16.5. The molecule has 1 fully saturated rings. The molecular weight excluding hydrogens is 192 g/mol. The van der Waals surface area contributed by atoms with Crippen molar-refractivity contribution in [2.75, 3.05) is 25.7 Å². The molecule has 2 heterocycles. The third-order valence-corrected chi connectivity index (χ3v) is 2.76. The van der Waals surface area contributed by atoms with E-state index in [1.165, 1.54) is 0 Å². The first-order valence-electron chi connectivity index (χ1n) is 5.14. The second kappa shape index (κ2) is 4.49. The van der Waals surface area contributed by atoms with Crippen LogP contribution in [-0.4, -0.2) is 32.0 Å². The first kappa shape index (κ1) is 10.2. The van der Waals surface area contributed by atoms with Crippen molar-refractivity contribution in [3.8, 4) is 5.75 Å². The predicted octanol–water partition coefficient (Wildman–Crippen LogP) is 1.66. The van der Waals surface area contributed by atoms with Crippen molar-refractivity contribution in [1.82, 2.24) is 4.98 Å². The molecule has 0 aromatic carbocycles. The molecule has 0 amide bonds. The number of hydrogen-bond donors (Lipinski definition) is 0. The highest BCUT2D eigenvalue weighted by Gasteiger charge is 2.26. The zero-order valence-electron chi connectivity index (χ0n) is 9.14. The Bertz CT molecular complexity index is 330. The monoisotopic (exact) mass is 208 g/mol. The first-order chi connectivity index (χ1) is 7.36. The summed E-state index contributed by atoms with van der Waals surface area (Å²) in [4.78, 5) is 6.27. The van der Waals surface area contributed by atoms with Crippen molar-refractivity contribution in [3.63, 3.8) is 0 Å². The van der Waals surface area contributed by atoms with E-state index in [1.807, 2.05) is 6.07 Å². The Balaban J connectivity index is 2.27. The summed E-state index contributed by atoms with van der Waals surface area (Å²) >= 11 is 0. The average molecular weight is 208 g/mol. The molecule has 0 spiro atoms. The summed E-state index contributed by atoms with van der Waals surface area (Å²) < 4.78 is 10.7. The van der Waals surface area contributed by atoms with Gasteiger partial charge in [0.25, 0.3) is 0 Å². The third-order valence-electron chi connectivity index (χ3n) is 2.76. The molecule has 2 rings (SSSR count). The van der Waals surface area contributed by atoms with E-state index in [0.29, 0.717) is 0 Å². The van der Waals surface area contributed by atoms with Gasteiger partial charge in [-0.25, -0.2) is 0 Å². The van der Waals surface area contributed by atoms with E-state index in [4.69, 9.17) is 9.47 Å². The van der Waals surface area contributed by atoms with Crippen molar-refractivity contribution in [3.05, 3.63) is 18.5 Å². The van der Waals surface area contributed by atoms with Gasteiger partial charge in [-0.15, -0.1) is 0 Å². The number of pyridine rings is 1. The molecule has 0 bridgehead atoms. The molecule has 1 aromatic rings. The molecule has 1 saturated heterocycles. The van der Waals surface area contributed by atoms with Gasteiger partial charge in [-0.3, -0.25) is 4.98 Å². The molecule has 1 aliphatic rings. The van der Waals surface area contributed by atoms with E-state index in [0.717, 1.165) is 30.8 Å². The van der Waals surface area contributed by atoms with Crippen molar-refractivity contribution in [2.45, 2.75) is 19.1 Å². The van der Waals surface area contributed by atoms with Gasteiger partial charge in [0, 0.05) is 19.9 Å². The molecule has 82 valence electrons. The highest BCUT2D eigenvalue weighted by molar-refractivity contribution is 5.57. The first-order valence-corrected chi connectivity index (χ1v) is 5.14. The van der Waals surface area contributed by atoms with Crippen LogP contribution in [0.15, 0.2) is 18.5 Å². The van der Waals surface area contributed by atoms with Crippen molar-refractivity contribution in [1.29, 1.82) is 0 Å². The Morgan fingerprint density at radius 2 is 2.33 bits per heavy atom. The highest BCUT2D eigenvalue weighted by Crippen LogP contribution is 2.32. The number of nitrogens with zero attached hydrogens (tertiary/aromatic N) is 2. The fourth-order valence-corrected chi connectivity index (χ4v) is 2.02. The lowest BCUT2D eigenvalue weighted by atomic mass is 10.3. The van der Waals surface area contributed by atoms with Gasteiger partial charge in [0.05, 0.1) is 19.0 Å². The minimum atomic E-state index is 0.168. The Labute approximate surface area is 89.8 Å². The van der Waals surface area contributed by atoms with Gasteiger partial charge >= 0.3 is 0 Å². The van der Waals surface area contributed by atoms with Crippen molar-refractivity contribution >= 4 is 5.69 Å². The molecule has 4 nitrogen and oxygen atoms in total. The topological polar surface area (TPSA) is 34.6 Å². The predicted molar refractivity (Wildman–Crippen MR) is 58.2 cm³/mol. The Morgan fingerprint density at radius 3 is 3.07 bits per heavy atom. The molecule has 4 heteroatoms. The normalized spacial score (nSPS) is 20.7. The lowest BCUT2D eigenvalue weighted by Gasteiger charge is -2.26. The van der Waals surface area contributed by atoms with Gasteiger partial charge in [-0.2, -0.15) is 0 Å². The molecule has 1 unspecified atom stereocenters. The number of ether oxygens (including phenoxy) is 2. The Hall–Kier alpha value is -1.29. The SMILES string of the molecule is COc1cnccc1N1CCCC1OC. The van der Waals surface area contributed by atoms with E-state index in [9.17, 15) is 0 Å². The molecule has 1 atom stereocenters. The van der Waals surface area contributed by atoms with E-state index in [2.05, 4.69) is 9.88 Å². The summed E-state index contributed by atoms with van der Waals surface area (Å²) in [7, 11) is 3.41. The van der Waals surface area contributed by atoms with Crippen molar-refractivity contribution in [2.24, 2.45) is 0 Å².